The van der Waals surface area contributed by atoms with E-state index >= 15 is 0 Å². The summed E-state index contributed by atoms with van der Waals surface area (Å²) in [6.45, 7) is -0.220. The van der Waals surface area contributed by atoms with Crippen LogP contribution in [0.3, 0.4) is 0 Å². The number of hydrogen-bond donors (Lipinski definition) is 5. The molecule has 0 unspecified atom stereocenters. The molecule has 59 heavy (non-hydrogen) atoms. The zero-order valence-electron chi connectivity index (χ0n) is 30.1. The topological polar surface area (TPSA) is 268 Å². The van der Waals surface area contributed by atoms with Crippen LogP contribution in [0.5, 0.6) is 0 Å². The number of nitrogens with one attached hydrogen (secondary N) is 3. The van der Waals surface area contributed by atoms with E-state index in [1.165, 1.54) is 88.7 Å². The number of carboxylic acid groups (broad SMARTS) is 2. The number of aromatic carboxylic acids is 1. The van der Waals surface area contributed by atoms with Crippen molar-refractivity contribution in [3.8, 4) is 5.69 Å². The fourth-order valence-electron chi connectivity index (χ4n) is 6.47. The van der Waals surface area contributed by atoms with Crippen LogP contribution in [-0.4, -0.2) is 103 Å². The lowest BCUT2D eigenvalue weighted by atomic mass is 10.0. The van der Waals surface area contributed by atoms with E-state index in [2.05, 4.69) is 26.2 Å². The summed E-state index contributed by atoms with van der Waals surface area (Å²) >= 11 is 6.28. The second kappa shape index (κ2) is 16.1. The van der Waals surface area contributed by atoms with Gasteiger partial charge in [0.25, 0.3) is 10.0 Å². The molecule has 0 saturated carbocycles. The van der Waals surface area contributed by atoms with Gasteiger partial charge in [0.05, 0.1) is 21.8 Å². The average molecular weight is 841 g/mol. The van der Waals surface area contributed by atoms with Gasteiger partial charge in [-0.3, -0.25) is 14.4 Å². The second-order valence-electron chi connectivity index (χ2n) is 12.8. The molecule has 22 heteroatoms. The van der Waals surface area contributed by atoms with Crippen LogP contribution in [0.4, 0.5) is 26.7 Å². The number of carboxylic acids is 1. The molecule has 300 valence electrons. The Balaban J connectivity index is 1.15. The third-order valence-electron chi connectivity index (χ3n) is 9.16. The highest BCUT2D eigenvalue weighted by Gasteiger charge is 2.41. The van der Waals surface area contributed by atoms with Crippen LogP contribution in [0.2, 0.25) is 5.02 Å². The summed E-state index contributed by atoms with van der Waals surface area (Å²) in [6, 6.07) is 20.6. The molecular formula is C37H29ClN10O10S. The van der Waals surface area contributed by atoms with Crippen molar-refractivity contribution in [3.63, 3.8) is 0 Å². The van der Waals surface area contributed by atoms with Crippen LogP contribution in [0.25, 0.3) is 16.6 Å². The van der Waals surface area contributed by atoms with Gasteiger partial charge >= 0.3 is 29.9 Å². The zero-order chi connectivity index (χ0) is 42.0. The first-order chi connectivity index (χ1) is 28.2. The van der Waals surface area contributed by atoms with Gasteiger partial charge in [-0.05, 0) is 82.7 Å². The van der Waals surface area contributed by atoms with Crippen molar-refractivity contribution >= 4 is 85.4 Å². The van der Waals surface area contributed by atoms with Gasteiger partial charge in [0, 0.05) is 41.3 Å². The molecule has 0 radical (unpaired) electrons. The molecule has 0 spiro atoms. The molecule has 1 atom stereocenters. The molecule has 20 nitrogen and oxygen atoms in total. The smallest absolute Gasteiger partial charge is 0.416 e. The lowest BCUT2D eigenvalue weighted by Gasteiger charge is -2.38. The van der Waals surface area contributed by atoms with E-state index in [-0.39, 0.29) is 57.4 Å². The SMILES string of the molecule is O=C(Nc1ccc(C[C@@H](C(=O)Nc2ccc3c(c2)cc(C(=O)O)n3C(=O)O)N2CCN(c3cc(Cl)ccc3-n3cnnn3)C(=O)C2=O)cc1)NS(=O)(=O)c1ccccc1. The summed E-state index contributed by atoms with van der Waals surface area (Å²) in [5.74, 6) is -4.26. The van der Waals surface area contributed by atoms with Crippen LogP contribution >= 0.6 is 11.6 Å². The van der Waals surface area contributed by atoms with Gasteiger partial charge in [0.15, 0.2) is 0 Å². The number of benzene rings is 4. The molecule has 1 fully saturated rings. The Morgan fingerprint density at radius 1 is 0.814 bits per heavy atom. The largest absolute Gasteiger partial charge is 0.477 e. The van der Waals surface area contributed by atoms with Crippen molar-refractivity contribution in [1.82, 2.24) is 34.4 Å². The number of carbonyl (C=O) groups excluding carboxylic acids is 4. The van der Waals surface area contributed by atoms with Crippen molar-refractivity contribution in [1.29, 1.82) is 0 Å². The Labute approximate surface area is 337 Å². The summed E-state index contributed by atoms with van der Waals surface area (Å²) in [5.41, 5.74) is 0.890. The highest BCUT2D eigenvalue weighted by molar-refractivity contribution is 7.90. The number of tetrazole rings is 1. The quantitative estimate of drug-likeness (QED) is 0.117. The number of amides is 5. The highest BCUT2D eigenvalue weighted by Crippen LogP contribution is 2.30. The van der Waals surface area contributed by atoms with Gasteiger partial charge < -0.3 is 30.6 Å². The van der Waals surface area contributed by atoms with Crippen LogP contribution in [0, 0.1) is 0 Å². The molecule has 2 aromatic heterocycles. The molecule has 7 rings (SSSR count). The number of piperazine rings is 1. The van der Waals surface area contributed by atoms with Gasteiger partial charge in [-0.2, -0.15) is 4.68 Å². The Hall–Kier alpha value is -7.65. The molecule has 1 aliphatic rings. The summed E-state index contributed by atoms with van der Waals surface area (Å²) in [4.78, 5) is 80.4. The molecular weight excluding hydrogens is 812 g/mol. The molecule has 1 saturated heterocycles. The fraction of sp³-hybridized carbons (Fsp3) is 0.108. The molecule has 3 heterocycles. The van der Waals surface area contributed by atoms with Crippen molar-refractivity contribution in [2.24, 2.45) is 0 Å². The van der Waals surface area contributed by atoms with E-state index in [0.717, 1.165) is 11.0 Å². The molecule has 1 aliphatic heterocycles. The van der Waals surface area contributed by atoms with Crippen molar-refractivity contribution in [2.45, 2.75) is 17.4 Å². The van der Waals surface area contributed by atoms with E-state index in [1.54, 1.807) is 18.2 Å². The molecule has 0 aliphatic carbocycles. The maximum atomic E-state index is 14.2. The summed E-state index contributed by atoms with van der Waals surface area (Å²) in [6.07, 6.45) is -0.391. The van der Waals surface area contributed by atoms with E-state index in [9.17, 15) is 47.4 Å². The highest BCUT2D eigenvalue weighted by atomic mass is 35.5. The third kappa shape index (κ3) is 8.26. The predicted molar refractivity (Wildman–Crippen MR) is 209 cm³/mol. The van der Waals surface area contributed by atoms with E-state index in [1.807, 2.05) is 4.72 Å². The summed E-state index contributed by atoms with van der Waals surface area (Å²) < 4.78 is 29.0. The van der Waals surface area contributed by atoms with Crippen molar-refractivity contribution < 1.29 is 47.4 Å². The predicted octanol–water partition coefficient (Wildman–Crippen LogP) is 3.43. The summed E-state index contributed by atoms with van der Waals surface area (Å²) in [7, 11) is -4.16. The molecule has 6 aromatic rings. The van der Waals surface area contributed by atoms with Crippen LogP contribution < -0.4 is 20.3 Å². The number of halogens is 1. The molecule has 4 aromatic carbocycles. The van der Waals surface area contributed by atoms with Crippen molar-refractivity contribution in [2.75, 3.05) is 28.6 Å². The van der Waals surface area contributed by atoms with Gasteiger partial charge in [0.2, 0.25) is 5.91 Å². The molecule has 5 amide bonds. The van der Waals surface area contributed by atoms with Gasteiger partial charge in [0.1, 0.15) is 18.1 Å². The Morgan fingerprint density at radius 2 is 1.54 bits per heavy atom. The normalized spacial score (nSPS) is 13.6. The first-order valence-electron chi connectivity index (χ1n) is 17.3. The third-order valence-corrected chi connectivity index (χ3v) is 10.7. The zero-order valence-corrected chi connectivity index (χ0v) is 31.7. The van der Waals surface area contributed by atoms with E-state index < -0.39 is 57.6 Å². The lowest BCUT2D eigenvalue weighted by Crippen LogP contribution is -2.60. The maximum Gasteiger partial charge on any atom is 0.416 e. The molecule has 0 bridgehead atoms. The first-order valence-corrected chi connectivity index (χ1v) is 19.1. The molecule has 5 N–H and O–H groups in total. The minimum atomic E-state index is -4.16. The first kappa shape index (κ1) is 39.6. The Morgan fingerprint density at radius 3 is 2.22 bits per heavy atom. The standard InChI is InChI=1S/C37H29ClN10O10S/c38-23-8-12-28(47-20-39-43-44-47)29(19-23)45-14-15-46(34(51)33(45)50)30(32(49)40-25-11-13-27-22(17-25)18-31(35(52)53)48(27)37(55)56)16-21-6-9-24(10-7-21)41-36(54)42-59(57,58)26-4-2-1-3-5-26/h1-13,17-20,30H,14-16H2,(H,40,49)(H,52,53)(H,55,56)(H2,41,42,54)/t30-/m0/s1. The number of carbonyl (C=O) groups is 6. The number of hydrogen-bond acceptors (Lipinski definition) is 11. The Bertz CT molecular complexity index is 2760. The lowest BCUT2D eigenvalue weighted by molar-refractivity contribution is -0.149. The minimum Gasteiger partial charge on any atom is -0.477 e. The summed E-state index contributed by atoms with van der Waals surface area (Å²) in [5, 5.41) is 35.9. The van der Waals surface area contributed by atoms with Crippen LogP contribution in [-0.2, 0) is 30.8 Å². The van der Waals surface area contributed by atoms with E-state index in [4.69, 9.17) is 11.6 Å². The fourth-order valence-corrected chi connectivity index (χ4v) is 7.56. The Kier molecular flexibility index (Phi) is 10.8. The van der Waals surface area contributed by atoms with E-state index in [0.29, 0.717) is 15.8 Å². The van der Waals surface area contributed by atoms with Crippen LogP contribution in [0.15, 0.2) is 108 Å². The monoisotopic (exact) mass is 840 g/mol. The second-order valence-corrected chi connectivity index (χ2v) is 15.0. The number of urea groups is 1. The number of anilines is 3. The average Bonchev–Trinajstić information content (AvgIpc) is 3.88. The van der Waals surface area contributed by atoms with Crippen LogP contribution in [0.1, 0.15) is 16.1 Å². The minimum absolute atomic E-state index is 0.0449. The van der Waals surface area contributed by atoms with Gasteiger partial charge in [-0.1, -0.05) is 41.9 Å². The van der Waals surface area contributed by atoms with Gasteiger partial charge in [-0.15, -0.1) is 5.10 Å². The maximum absolute atomic E-state index is 14.2. The number of sulfonamides is 1. The number of rotatable bonds is 11. The number of aromatic nitrogens is 5. The number of nitrogens with zero attached hydrogens (tertiary/aromatic N) is 7. The van der Waals surface area contributed by atoms with Crippen molar-refractivity contribution in [3.05, 3.63) is 120 Å². The number of fused-ring (bicyclic) bond motifs is 1. The van der Waals surface area contributed by atoms with Gasteiger partial charge in [-0.25, -0.2) is 32.1 Å².